The van der Waals surface area contributed by atoms with Gasteiger partial charge in [0.1, 0.15) is 0 Å². The summed E-state index contributed by atoms with van der Waals surface area (Å²) in [6.45, 7) is 4.01. The molecule has 0 saturated carbocycles. The molecule has 1 heterocycles. The second-order valence-electron chi connectivity index (χ2n) is 9.73. The van der Waals surface area contributed by atoms with Crippen LogP contribution >= 0.6 is 0 Å². The van der Waals surface area contributed by atoms with E-state index in [1.54, 1.807) is 10.6 Å². The highest BCUT2D eigenvalue weighted by molar-refractivity contribution is 7.81. The summed E-state index contributed by atoms with van der Waals surface area (Å²) in [7, 11) is -1.30. The number of hydrogen-bond acceptors (Lipinski definition) is 4. The van der Waals surface area contributed by atoms with Gasteiger partial charge in [0.05, 0.1) is 30.6 Å². The molecule has 0 spiro atoms. The fraction of sp³-hybridized carbons (Fsp3) is 0.355. The van der Waals surface area contributed by atoms with Crippen molar-refractivity contribution in [2.45, 2.75) is 31.8 Å². The van der Waals surface area contributed by atoms with Crippen molar-refractivity contribution in [1.29, 1.82) is 0 Å². The summed E-state index contributed by atoms with van der Waals surface area (Å²) in [5.41, 5.74) is 2.19. The van der Waals surface area contributed by atoms with Crippen molar-refractivity contribution in [3.63, 3.8) is 0 Å². The van der Waals surface area contributed by atoms with Crippen LogP contribution in [0.4, 0.5) is 0 Å². The Morgan fingerprint density at radius 1 is 0.974 bits per heavy atom. The SMILES string of the molecule is CC(c1cccc2ccccc12)N1CCC(N(CC(=O)NCC(=O)NCC#Cc2ccccc2)S(C)=O)CC1. The maximum atomic E-state index is 12.6. The molecule has 2 amide bonds. The second-order valence-corrected chi connectivity index (χ2v) is 11.0. The Bertz CT molecular complexity index is 1360. The van der Waals surface area contributed by atoms with Crippen LogP contribution < -0.4 is 10.6 Å². The number of likely N-dealkylation sites (tertiary alicyclic amines) is 1. The summed E-state index contributed by atoms with van der Waals surface area (Å²) in [6, 6.07) is 24.7. The molecule has 1 fully saturated rings. The van der Waals surface area contributed by atoms with Gasteiger partial charge in [0.25, 0.3) is 0 Å². The predicted molar refractivity (Wildman–Crippen MR) is 157 cm³/mol. The molecule has 7 nitrogen and oxygen atoms in total. The fourth-order valence-corrected chi connectivity index (χ4v) is 5.98. The van der Waals surface area contributed by atoms with E-state index in [0.29, 0.717) is 0 Å². The molecule has 204 valence electrons. The van der Waals surface area contributed by atoms with E-state index < -0.39 is 11.0 Å². The van der Waals surface area contributed by atoms with Crippen molar-refractivity contribution in [3.05, 3.63) is 83.9 Å². The van der Waals surface area contributed by atoms with Gasteiger partial charge in [-0.3, -0.25) is 14.5 Å². The van der Waals surface area contributed by atoms with Crippen LogP contribution in [0.5, 0.6) is 0 Å². The Hall–Kier alpha value is -3.51. The minimum Gasteiger partial charge on any atom is -0.346 e. The van der Waals surface area contributed by atoms with Crippen molar-refractivity contribution >= 4 is 33.6 Å². The zero-order valence-electron chi connectivity index (χ0n) is 22.6. The minimum atomic E-state index is -1.30. The Morgan fingerprint density at radius 2 is 1.67 bits per heavy atom. The van der Waals surface area contributed by atoms with E-state index in [-0.39, 0.29) is 43.5 Å². The smallest absolute Gasteiger partial charge is 0.240 e. The summed E-state index contributed by atoms with van der Waals surface area (Å²) in [4.78, 5) is 27.2. The van der Waals surface area contributed by atoms with E-state index >= 15 is 0 Å². The molecular formula is C31H36N4O3S. The lowest BCUT2D eigenvalue weighted by Crippen LogP contribution is -2.49. The normalized spacial score (nSPS) is 15.8. The van der Waals surface area contributed by atoms with Gasteiger partial charge in [-0.2, -0.15) is 0 Å². The topological polar surface area (TPSA) is 81.8 Å². The zero-order chi connectivity index (χ0) is 27.6. The number of amides is 2. The van der Waals surface area contributed by atoms with E-state index in [4.69, 9.17) is 0 Å². The van der Waals surface area contributed by atoms with Gasteiger partial charge in [0, 0.05) is 37.0 Å². The molecule has 0 radical (unpaired) electrons. The lowest BCUT2D eigenvalue weighted by molar-refractivity contribution is -0.126. The van der Waals surface area contributed by atoms with Gasteiger partial charge in [0.2, 0.25) is 11.8 Å². The van der Waals surface area contributed by atoms with Crippen LogP contribution in [0.15, 0.2) is 72.8 Å². The number of benzene rings is 3. The van der Waals surface area contributed by atoms with E-state index in [2.05, 4.69) is 76.8 Å². The summed E-state index contributed by atoms with van der Waals surface area (Å²) < 4.78 is 14.3. The standard InChI is InChI=1S/C31H36N4O3S/c1-24(28-16-8-14-26-13-6-7-15-29(26)28)34-20-17-27(18-21-34)35(39(2)38)23-31(37)33-22-30(36)32-19-9-12-25-10-4-3-5-11-25/h3-8,10-11,13-16,24,27H,17-23H2,1-2H3,(H,32,36)(H,33,37). The van der Waals surface area contributed by atoms with Crippen LogP contribution in [0.1, 0.15) is 36.9 Å². The number of nitrogens with zero attached hydrogens (tertiary/aromatic N) is 2. The largest absolute Gasteiger partial charge is 0.346 e. The zero-order valence-corrected chi connectivity index (χ0v) is 23.4. The first-order valence-corrected chi connectivity index (χ1v) is 14.8. The average Bonchev–Trinajstić information content (AvgIpc) is 2.97. The first-order valence-electron chi connectivity index (χ1n) is 13.3. The molecule has 0 bridgehead atoms. The van der Waals surface area contributed by atoms with E-state index in [1.807, 2.05) is 30.3 Å². The molecule has 2 N–H and O–H groups in total. The average molecular weight is 545 g/mol. The van der Waals surface area contributed by atoms with Crippen LogP contribution in [0, 0.1) is 11.8 Å². The van der Waals surface area contributed by atoms with Crippen LogP contribution in [-0.2, 0) is 20.6 Å². The molecule has 0 aliphatic carbocycles. The molecule has 2 atom stereocenters. The third-order valence-electron chi connectivity index (χ3n) is 7.18. The van der Waals surface area contributed by atoms with Crippen LogP contribution in [0.25, 0.3) is 10.8 Å². The molecule has 0 aromatic heterocycles. The Labute approximate surface area is 233 Å². The number of carbonyl (C=O) groups excluding carboxylic acids is 2. The Morgan fingerprint density at radius 3 is 2.41 bits per heavy atom. The monoisotopic (exact) mass is 544 g/mol. The number of nitrogens with one attached hydrogen (secondary N) is 2. The molecule has 1 aliphatic heterocycles. The summed E-state index contributed by atoms with van der Waals surface area (Å²) in [5, 5.41) is 7.84. The highest BCUT2D eigenvalue weighted by atomic mass is 32.2. The summed E-state index contributed by atoms with van der Waals surface area (Å²) in [5.74, 6) is 5.23. The molecule has 4 rings (SSSR count). The van der Waals surface area contributed by atoms with E-state index in [1.165, 1.54) is 16.3 Å². The maximum Gasteiger partial charge on any atom is 0.240 e. The molecule has 8 heteroatoms. The van der Waals surface area contributed by atoms with Crippen molar-refractivity contribution in [2.24, 2.45) is 0 Å². The van der Waals surface area contributed by atoms with Gasteiger partial charge < -0.3 is 10.6 Å². The van der Waals surface area contributed by atoms with Gasteiger partial charge in [-0.15, -0.1) is 0 Å². The van der Waals surface area contributed by atoms with Crippen LogP contribution in [0.3, 0.4) is 0 Å². The van der Waals surface area contributed by atoms with Crippen molar-refractivity contribution in [2.75, 3.05) is 39.0 Å². The molecule has 3 aromatic rings. The highest BCUT2D eigenvalue weighted by Crippen LogP contribution is 2.31. The van der Waals surface area contributed by atoms with Gasteiger partial charge in [-0.05, 0) is 48.2 Å². The number of hydrogen-bond donors (Lipinski definition) is 2. The minimum absolute atomic E-state index is 0.00620. The lowest BCUT2D eigenvalue weighted by Gasteiger charge is -2.39. The molecular weight excluding hydrogens is 508 g/mol. The van der Waals surface area contributed by atoms with E-state index in [9.17, 15) is 13.8 Å². The van der Waals surface area contributed by atoms with Gasteiger partial charge in [-0.1, -0.05) is 72.5 Å². The van der Waals surface area contributed by atoms with E-state index in [0.717, 1.165) is 31.5 Å². The molecule has 39 heavy (non-hydrogen) atoms. The van der Waals surface area contributed by atoms with Crippen LogP contribution in [-0.4, -0.2) is 70.2 Å². The van der Waals surface area contributed by atoms with Crippen LogP contribution in [0.2, 0.25) is 0 Å². The van der Waals surface area contributed by atoms with Gasteiger partial charge in [-0.25, -0.2) is 8.51 Å². The molecule has 3 aromatic carbocycles. The number of carbonyl (C=O) groups is 2. The summed E-state index contributed by atoms with van der Waals surface area (Å²) in [6.07, 6.45) is 3.25. The fourth-order valence-electron chi connectivity index (χ4n) is 5.05. The third-order valence-corrected chi connectivity index (χ3v) is 8.27. The quantitative estimate of drug-likeness (QED) is 0.406. The van der Waals surface area contributed by atoms with Gasteiger partial charge >= 0.3 is 0 Å². The first-order chi connectivity index (χ1) is 18.9. The predicted octanol–water partition coefficient (Wildman–Crippen LogP) is 3.24. The molecule has 1 saturated heterocycles. The lowest BCUT2D eigenvalue weighted by atomic mass is 9.96. The number of fused-ring (bicyclic) bond motifs is 1. The Balaban J connectivity index is 1.23. The number of rotatable bonds is 9. The maximum absolute atomic E-state index is 12.6. The Kier molecular flexibility index (Phi) is 10.3. The number of piperidine rings is 1. The third kappa shape index (κ3) is 7.99. The molecule has 2 unspecified atom stereocenters. The van der Waals surface area contributed by atoms with Crippen molar-refractivity contribution in [1.82, 2.24) is 19.8 Å². The van der Waals surface area contributed by atoms with Crippen molar-refractivity contribution in [3.8, 4) is 11.8 Å². The first kappa shape index (κ1) is 28.5. The van der Waals surface area contributed by atoms with Gasteiger partial charge in [0.15, 0.2) is 0 Å². The molecule has 1 aliphatic rings. The second kappa shape index (κ2) is 14.0. The highest BCUT2D eigenvalue weighted by Gasteiger charge is 2.30. The van der Waals surface area contributed by atoms with Crippen molar-refractivity contribution < 1.29 is 13.8 Å². The summed E-state index contributed by atoms with van der Waals surface area (Å²) >= 11 is 0.